The van der Waals surface area contributed by atoms with E-state index < -0.39 is 30.1 Å². The largest absolute Gasteiger partial charge is 1.00 e. The first-order valence-electron chi connectivity index (χ1n) is 7.05. The van der Waals surface area contributed by atoms with Crippen LogP contribution in [-0.2, 0) is 26.2 Å². The van der Waals surface area contributed by atoms with Crippen LogP contribution in [0, 0.1) is 0 Å². The van der Waals surface area contributed by atoms with E-state index in [0.717, 1.165) is 0 Å². The Labute approximate surface area is 169 Å². The minimum atomic E-state index is -1.24. The van der Waals surface area contributed by atoms with Crippen molar-refractivity contribution < 1.29 is 55.2 Å². The second kappa shape index (κ2) is 6.59. The van der Waals surface area contributed by atoms with Crippen LogP contribution < -0.4 is 29.6 Å². The molecule has 11 nitrogen and oxygen atoms in total. The van der Waals surface area contributed by atoms with E-state index in [0.29, 0.717) is 11.6 Å². The summed E-state index contributed by atoms with van der Waals surface area (Å²) in [5.74, 6) is -1.29. The van der Waals surface area contributed by atoms with Crippen LogP contribution >= 0.6 is 11.8 Å². The van der Waals surface area contributed by atoms with Crippen LogP contribution in [0.1, 0.15) is 1.43 Å². The summed E-state index contributed by atoms with van der Waals surface area (Å²) in [6.45, 7) is 0.258. The van der Waals surface area contributed by atoms with Gasteiger partial charge in [-0.05, 0) is 10.4 Å². The van der Waals surface area contributed by atoms with Crippen molar-refractivity contribution in [3.05, 3.63) is 11.5 Å². The number of aromatic nitrogens is 4. The Balaban J connectivity index is 0.00000121. The van der Waals surface area contributed by atoms with Crippen molar-refractivity contribution in [3.63, 3.8) is 0 Å². The molecule has 0 radical (unpaired) electrons. The predicted molar refractivity (Wildman–Crippen MR) is 77.4 cm³/mol. The molecule has 2 amide bonds. The van der Waals surface area contributed by atoms with Gasteiger partial charge in [0.05, 0.1) is 12.3 Å². The van der Waals surface area contributed by atoms with E-state index in [1.807, 2.05) is 0 Å². The number of ether oxygens (including phenoxy) is 1. The zero-order valence-corrected chi connectivity index (χ0v) is 16.2. The van der Waals surface area contributed by atoms with Gasteiger partial charge in [0, 0.05) is 7.05 Å². The van der Waals surface area contributed by atoms with Gasteiger partial charge in [0.15, 0.2) is 5.70 Å². The van der Waals surface area contributed by atoms with Crippen LogP contribution in [0.5, 0.6) is 0 Å². The number of thioether (sulfide) groups is 1. The number of hydrogen-bond acceptors (Lipinski definition) is 8. The number of aliphatic carboxylic acids is 1. The Kier molecular flexibility index (Phi) is 4.79. The topological polar surface area (TPSA) is 131 Å². The third-order valence-corrected chi connectivity index (χ3v) is 5.30. The molecule has 1 aromatic rings. The van der Waals surface area contributed by atoms with Crippen LogP contribution in [0.25, 0.3) is 0 Å². The fourth-order valence-electron chi connectivity index (χ4n) is 3.28. The van der Waals surface area contributed by atoms with Crippen LogP contribution in [0.3, 0.4) is 0 Å². The van der Waals surface area contributed by atoms with Crippen molar-refractivity contribution in [2.45, 2.75) is 23.3 Å². The van der Waals surface area contributed by atoms with E-state index in [4.69, 9.17) is 4.74 Å². The average molecular weight is 376 g/mol. The molecule has 25 heavy (non-hydrogen) atoms. The molecule has 0 aromatic carbocycles. The number of likely N-dealkylation sites (tertiary alicyclic amines) is 1. The molecule has 0 bridgehead atoms. The molecule has 3 aliphatic rings. The van der Waals surface area contributed by atoms with Crippen LogP contribution in [-0.4, -0.2) is 83.9 Å². The Morgan fingerprint density at radius 1 is 1.56 bits per heavy atom. The standard InChI is InChI=1S/C12H12N6O5S.Na.H/c1-16-12(13-14-15-16)24-3-6-8(11(21)22)18-7-5(23-6)2-17(4-19)9(7)10(18)20;;/h4-5,7,9H,2-3H2,1H3,(H,21,22);;/q;+1;-1/t5-,7-,9+;;/m1../s1. The van der Waals surface area contributed by atoms with Crippen LogP contribution in [0.2, 0.25) is 0 Å². The van der Waals surface area contributed by atoms with Gasteiger partial charge in [-0.15, -0.1) is 5.10 Å². The molecule has 1 N–H and O–H groups in total. The third kappa shape index (κ3) is 2.63. The number of carboxylic acids is 1. The number of rotatable bonds is 5. The molecule has 4 heterocycles. The Morgan fingerprint density at radius 3 is 2.92 bits per heavy atom. The maximum absolute atomic E-state index is 12.3. The van der Waals surface area contributed by atoms with Crippen LogP contribution in [0.15, 0.2) is 16.6 Å². The number of tetrazole rings is 1. The summed E-state index contributed by atoms with van der Waals surface area (Å²) in [6, 6.07) is -1.06. The summed E-state index contributed by atoms with van der Waals surface area (Å²) in [5.41, 5.74) is -0.173. The number of nitrogens with zero attached hydrogens (tertiary/aromatic N) is 6. The SMILES string of the molecule is Cn1nnnc1SCC1=C(C(=O)O)N2C(=O)[C@@H]3[C@H]2[C@@H](CN3C=O)O1.[H-].[Na+]. The number of aryl methyl sites for hydroxylation is 1. The summed E-state index contributed by atoms with van der Waals surface area (Å²) in [5, 5.41) is 21.0. The van der Waals surface area contributed by atoms with Gasteiger partial charge in [-0.25, -0.2) is 9.48 Å². The Bertz CT molecular complexity index is 790. The zero-order chi connectivity index (χ0) is 17.0. The zero-order valence-electron chi connectivity index (χ0n) is 14.4. The number of hydrogen-bond donors (Lipinski definition) is 1. The first-order chi connectivity index (χ1) is 11.5. The minimum Gasteiger partial charge on any atom is -1.00 e. The molecular weight excluding hydrogens is 363 g/mol. The molecule has 13 heteroatoms. The molecule has 0 aliphatic carbocycles. The molecule has 0 saturated carbocycles. The average Bonchev–Trinajstić information content (AvgIpc) is 3.12. The maximum atomic E-state index is 12.3. The summed E-state index contributed by atoms with van der Waals surface area (Å²) in [7, 11) is 1.66. The molecular formula is C12H13N6NaO5S. The van der Waals surface area contributed by atoms with Gasteiger partial charge in [-0.1, -0.05) is 11.8 Å². The molecule has 4 rings (SSSR count). The Hall–Kier alpha value is -1.63. The van der Waals surface area contributed by atoms with Gasteiger partial charge in [-0.3, -0.25) is 14.5 Å². The van der Waals surface area contributed by atoms with Crippen molar-refractivity contribution in [2.24, 2.45) is 7.05 Å². The predicted octanol–water partition coefficient (Wildman–Crippen LogP) is -4.83. The molecule has 3 atom stereocenters. The number of amides is 2. The first kappa shape index (κ1) is 18.2. The minimum absolute atomic E-state index is 0. The van der Waals surface area contributed by atoms with Gasteiger partial charge in [-0.2, -0.15) is 0 Å². The quantitative estimate of drug-likeness (QED) is 0.233. The summed E-state index contributed by atoms with van der Waals surface area (Å²) < 4.78 is 7.26. The summed E-state index contributed by atoms with van der Waals surface area (Å²) >= 11 is 1.20. The Morgan fingerprint density at radius 2 is 2.32 bits per heavy atom. The van der Waals surface area contributed by atoms with E-state index in [2.05, 4.69) is 15.5 Å². The van der Waals surface area contributed by atoms with Gasteiger partial charge in [0.1, 0.15) is 23.9 Å². The summed E-state index contributed by atoms with van der Waals surface area (Å²) in [6.07, 6.45) is 0.177. The third-order valence-electron chi connectivity index (χ3n) is 4.29. The number of carbonyl (C=O) groups is 3. The van der Waals surface area contributed by atoms with Gasteiger partial charge < -0.3 is 16.2 Å². The van der Waals surface area contributed by atoms with Crippen molar-refractivity contribution in [2.75, 3.05) is 12.3 Å². The summed E-state index contributed by atoms with van der Waals surface area (Å²) in [4.78, 5) is 37.6. The van der Waals surface area contributed by atoms with Crippen molar-refractivity contribution in [3.8, 4) is 0 Å². The van der Waals surface area contributed by atoms with Crippen molar-refractivity contribution >= 4 is 30.0 Å². The molecule has 0 spiro atoms. The second-order valence-corrected chi connectivity index (χ2v) is 6.50. The van der Waals surface area contributed by atoms with Crippen LogP contribution in [0.4, 0.5) is 0 Å². The molecule has 3 aliphatic heterocycles. The second-order valence-electron chi connectivity index (χ2n) is 5.55. The molecule has 128 valence electrons. The normalized spacial score (nSPS) is 26.6. The van der Waals surface area contributed by atoms with Gasteiger partial charge >= 0.3 is 35.5 Å². The molecule has 1 aromatic heterocycles. The van der Waals surface area contributed by atoms with E-state index in [-0.39, 0.29) is 54.7 Å². The molecule has 0 unspecified atom stereocenters. The monoisotopic (exact) mass is 376 g/mol. The van der Waals surface area contributed by atoms with Gasteiger partial charge in [0.2, 0.25) is 11.6 Å². The van der Waals surface area contributed by atoms with E-state index in [1.54, 1.807) is 7.05 Å². The van der Waals surface area contributed by atoms with Gasteiger partial charge in [0.25, 0.3) is 5.91 Å². The smallest absolute Gasteiger partial charge is 1.00 e. The maximum Gasteiger partial charge on any atom is 1.00 e. The first-order valence-corrected chi connectivity index (χ1v) is 8.04. The number of β-lactam (4-membered cyclic amide) rings is 1. The van der Waals surface area contributed by atoms with E-state index in [9.17, 15) is 19.5 Å². The number of carboxylic acid groups (broad SMARTS) is 1. The molecule has 2 fully saturated rings. The van der Waals surface area contributed by atoms with E-state index in [1.165, 1.54) is 26.2 Å². The molecule has 2 saturated heterocycles. The fraction of sp³-hybridized carbons (Fsp3) is 0.500. The fourth-order valence-corrected chi connectivity index (χ4v) is 4.06. The van der Waals surface area contributed by atoms with Crippen molar-refractivity contribution in [1.29, 1.82) is 0 Å². The van der Waals surface area contributed by atoms with Crippen molar-refractivity contribution in [1.82, 2.24) is 30.0 Å². The number of carbonyl (C=O) groups excluding carboxylic acids is 2. The van der Waals surface area contributed by atoms with E-state index >= 15 is 0 Å².